The molecule has 0 aliphatic rings. The van der Waals surface area contributed by atoms with Crippen LogP contribution in [0.1, 0.15) is 38.4 Å². The summed E-state index contributed by atoms with van der Waals surface area (Å²) in [6.07, 6.45) is 1.19. The number of hydrogen-bond acceptors (Lipinski definition) is 5. The summed E-state index contributed by atoms with van der Waals surface area (Å²) in [6, 6.07) is 0.213. The molecule has 0 bridgehead atoms. The maximum atomic E-state index is 11.6. The minimum Gasteiger partial charge on any atom is -0.385 e. The van der Waals surface area contributed by atoms with E-state index >= 15 is 0 Å². The van der Waals surface area contributed by atoms with Crippen LogP contribution in [0.2, 0.25) is 0 Å². The van der Waals surface area contributed by atoms with Gasteiger partial charge in [-0.15, -0.1) is 11.3 Å². The third kappa shape index (κ3) is 5.12. The lowest BCUT2D eigenvalue weighted by molar-refractivity contribution is -0.116. The Kier molecular flexibility index (Phi) is 6.85. The number of rotatable bonds is 8. The summed E-state index contributed by atoms with van der Waals surface area (Å²) in [6.45, 7) is 5.62. The van der Waals surface area contributed by atoms with Crippen molar-refractivity contribution in [2.75, 3.05) is 25.6 Å². The maximum Gasteiger partial charge on any atom is 0.226 e. The first-order valence-electron chi connectivity index (χ1n) is 6.15. The van der Waals surface area contributed by atoms with E-state index in [1.807, 2.05) is 5.38 Å². The number of thiazole rings is 1. The molecule has 1 rings (SSSR count). The lowest BCUT2D eigenvalue weighted by Gasteiger charge is -2.08. The van der Waals surface area contributed by atoms with Gasteiger partial charge in [0.05, 0.1) is 5.69 Å². The fourth-order valence-electron chi connectivity index (χ4n) is 1.51. The molecule has 1 atom stereocenters. The molecule has 2 N–H and O–H groups in total. The Morgan fingerprint density at radius 3 is 3.06 bits per heavy atom. The van der Waals surface area contributed by atoms with E-state index in [1.165, 1.54) is 11.3 Å². The van der Waals surface area contributed by atoms with Gasteiger partial charge in [-0.25, -0.2) is 4.98 Å². The molecule has 1 aromatic heterocycles. The zero-order valence-electron chi connectivity index (χ0n) is 11.2. The van der Waals surface area contributed by atoms with Crippen LogP contribution in [0.25, 0.3) is 0 Å². The van der Waals surface area contributed by atoms with Crippen LogP contribution in [0.4, 0.5) is 5.13 Å². The van der Waals surface area contributed by atoms with E-state index in [4.69, 9.17) is 4.74 Å². The van der Waals surface area contributed by atoms with E-state index in [-0.39, 0.29) is 11.9 Å². The van der Waals surface area contributed by atoms with Gasteiger partial charge in [0, 0.05) is 31.6 Å². The first-order chi connectivity index (χ1) is 8.67. The highest BCUT2D eigenvalue weighted by atomic mass is 32.1. The maximum absolute atomic E-state index is 11.6. The molecule has 6 heteroatoms. The smallest absolute Gasteiger partial charge is 0.226 e. The Bertz CT molecular complexity index is 368. The number of hydrogen-bond donors (Lipinski definition) is 2. The summed E-state index contributed by atoms with van der Waals surface area (Å²) in [4.78, 5) is 16.0. The summed E-state index contributed by atoms with van der Waals surface area (Å²) < 4.78 is 4.90. The Hall–Kier alpha value is -0.980. The Labute approximate surface area is 112 Å². The lowest BCUT2D eigenvalue weighted by Crippen LogP contribution is -2.18. The highest BCUT2D eigenvalue weighted by molar-refractivity contribution is 7.13. The van der Waals surface area contributed by atoms with Crippen molar-refractivity contribution in [3.63, 3.8) is 0 Å². The third-order valence-electron chi connectivity index (χ3n) is 2.47. The van der Waals surface area contributed by atoms with Crippen molar-refractivity contribution in [2.45, 2.75) is 32.7 Å². The SMILES string of the molecule is CCNC(C)c1csc(NC(=O)CCCOC)n1. The van der Waals surface area contributed by atoms with Crippen LogP contribution < -0.4 is 10.6 Å². The van der Waals surface area contributed by atoms with Gasteiger partial charge in [0.2, 0.25) is 5.91 Å². The second kappa shape index (κ2) is 8.18. The average Bonchev–Trinajstić information content (AvgIpc) is 2.78. The topological polar surface area (TPSA) is 63.2 Å². The molecule has 1 aromatic rings. The minimum absolute atomic E-state index is 0.0101. The molecular weight excluding hydrogens is 250 g/mol. The van der Waals surface area contributed by atoms with Gasteiger partial charge < -0.3 is 15.4 Å². The average molecular weight is 271 g/mol. The fraction of sp³-hybridized carbons (Fsp3) is 0.667. The first-order valence-corrected chi connectivity index (χ1v) is 7.03. The van der Waals surface area contributed by atoms with E-state index < -0.39 is 0 Å². The summed E-state index contributed by atoms with van der Waals surface area (Å²) in [5.41, 5.74) is 0.967. The van der Waals surface area contributed by atoms with Gasteiger partial charge in [0.1, 0.15) is 0 Å². The van der Waals surface area contributed by atoms with Crippen LogP contribution in [0.3, 0.4) is 0 Å². The van der Waals surface area contributed by atoms with Crippen LogP contribution in [-0.4, -0.2) is 31.2 Å². The summed E-state index contributed by atoms with van der Waals surface area (Å²) >= 11 is 1.46. The van der Waals surface area contributed by atoms with E-state index in [9.17, 15) is 4.79 Å². The van der Waals surface area contributed by atoms with Gasteiger partial charge in [0.25, 0.3) is 0 Å². The van der Waals surface area contributed by atoms with Crippen molar-refractivity contribution in [3.8, 4) is 0 Å². The minimum atomic E-state index is -0.0101. The number of amides is 1. The van der Waals surface area contributed by atoms with Crippen molar-refractivity contribution in [2.24, 2.45) is 0 Å². The lowest BCUT2D eigenvalue weighted by atomic mass is 10.2. The predicted octanol–water partition coefficient (Wildman–Crippen LogP) is 2.18. The highest BCUT2D eigenvalue weighted by Crippen LogP contribution is 2.20. The van der Waals surface area contributed by atoms with Crippen molar-refractivity contribution in [1.29, 1.82) is 0 Å². The van der Waals surface area contributed by atoms with Gasteiger partial charge in [-0.3, -0.25) is 4.79 Å². The largest absolute Gasteiger partial charge is 0.385 e. The zero-order chi connectivity index (χ0) is 13.4. The fourth-order valence-corrected chi connectivity index (χ4v) is 2.33. The summed E-state index contributed by atoms with van der Waals surface area (Å²) in [5.74, 6) is -0.0101. The van der Waals surface area contributed by atoms with E-state index in [0.29, 0.717) is 18.2 Å². The molecule has 0 saturated heterocycles. The number of nitrogens with one attached hydrogen (secondary N) is 2. The van der Waals surface area contributed by atoms with Gasteiger partial charge in [-0.05, 0) is 19.9 Å². The quantitative estimate of drug-likeness (QED) is 0.711. The second-order valence-corrected chi connectivity index (χ2v) is 4.86. The molecule has 1 amide bonds. The van der Waals surface area contributed by atoms with Crippen LogP contribution in [0.15, 0.2) is 5.38 Å². The van der Waals surface area contributed by atoms with Crippen molar-refractivity contribution < 1.29 is 9.53 Å². The monoisotopic (exact) mass is 271 g/mol. The van der Waals surface area contributed by atoms with Crippen molar-refractivity contribution >= 4 is 22.4 Å². The molecule has 1 heterocycles. The molecule has 0 spiro atoms. The number of ether oxygens (including phenoxy) is 1. The van der Waals surface area contributed by atoms with Crippen molar-refractivity contribution in [3.05, 3.63) is 11.1 Å². The predicted molar refractivity (Wildman–Crippen MR) is 73.9 cm³/mol. The van der Waals surface area contributed by atoms with Crippen molar-refractivity contribution in [1.82, 2.24) is 10.3 Å². The number of carbonyl (C=O) groups excluding carboxylic acids is 1. The summed E-state index contributed by atoms with van der Waals surface area (Å²) in [7, 11) is 1.63. The highest BCUT2D eigenvalue weighted by Gasteiger charge is 2.10. The molecule has 5 nitrogen and oxygen atoms in total. The second-order valence-electron chi connectivity index (χ2n) is 4.00. The number of methoxy groups -OCH3 is 1. The van der Waals surface area contributed by atoms with Crippen LogP contribution >= 0.6 is 11.3 Å². The molecule has 0 aliphatic heterocycles. The number of carbonyl (C=O) groups is 1. The summed E-state index contributed by atoms with van der Waals surface area (Å²) in [5, 5.41) is 8.72. The molecule has 18 heavy (non-hydrogen) atoms. The molecule has 0 fully saturated rings. The molecule has 0 aliphatic carbocycles. The Morgan fingerprint density at radius 2 is 2.39 bits per heavy atom. The van der Waals surface area contributed by atoms with E-state index in [2.05, 4.69) is 29.5 Å². The van der Waals surface area contributed by atoms with E-state index in [1.54, 1.807) is 7.11 Å². The van der Waals surface area contributed by atoms with Crippen LogP contribution in [-0.2, 0) is 9.53 Å². The molecule has 102 valence electrons. The molecule has 0 radical (unpaired) electrons. The standard InChI is InChI=1S/C12H21N3O2S/c1-4-13-9(2)10-8-18-12(14-10)15-11(16)6-5-7-17-3/h8-9,13H,4-7H2,1-3H3,(H,14,15,16). The van der Waals surface area contributed by atoms with Crippen LogP contribution in [0, 0.1) is 0 Å². The third-order valence-corrected chi connectivity index (χ3v) is 3.25. The van der Waals surface area contributed by atoms with Gasteiger partial charge in [-0.2, -0.15) is 0 Å². The normalized spacial score (nSPS) is 12.4. The molecule has 0 saturated carbocycles. The number of nitrogens with zero attached hydrogens (tertiary/aromatic N) is 1. The van der Waals surface area contributed by atoms with Crippen LogP contribution in [0.5, 0.6) is 0 Å². The van der Waals surface area contributed by atoms with E-state index in [0.717, 1.165) is 18.7 Å². The number of anilines is 1. The van der Waals surface area contributed by atoms with Gasteiger partial charge in [0.15, 0.2) is 5.13 Å². The Morgan fingerprint density at radius 1 is 1.61 bits per heavy atom. The van der Waals surface area contributed by atoms with Gasteiger partial charge in [-0.1, -0.05) is 6.92 Å². The Balaban J connectivity index is 2.41. The zero-order valence-corrected chi connectivity index (χ0v) is 12.0. The molecule has 1 unspecified atom stereocenters. The first kappa shape index (κ1) is 15.1. The molecular formula is C12H21N3O2S. The number of aromatic nitrogens is 1. The molecule has 0 aromatic carbocycles. The van der Waals surface area contributed by atoms with Gasteiger partial charge >= 0.3 is 0 Å².